The Balaban J connectivity index is 2.81. The third-order valence-electron chi connectivity index (χ3n) is 2.84. The Labute approximate surface area is 86.8 Å². The van der Waals surface area contributed by atoms with Crippen LogP contribution in [0.3, 0.4) is 0 Å². The van der Waals surface area contributed by atoms with E-state index in [1.54, 1.807) is 0 Å². The molecular weight excluding hydrogens is 172 g/mol. The SMILES string of the molecule is CCC(CC)C(NC)c1ccccn1. The summed E-state index contributed by atoms with van der Waals surface area (Å²) in [6.07, 6.45) is 4.25. The molecule has 1 heterocycles. The summed E-state index contributed by atoms with van der Waals surface area (Å²) < 4.78 is 0. The smallest absolute Gasteiger partial charge is 0.0575 e. The molecule has 0 aromatic carbocycles. The molecule has 1 unspecified atom stereocenters. The second-order valence-electron chi connectivity index (χ2n) is 3.60. The molecule has 0 amide bonds. The van der Waals surface area contributed by atoms with Gasteiger partial charge in [0.15, 0.2) is 0 Å². The minimum absolute atomic E-state index is 0.395. The number of aromatic nitrogens is 1. The van der Waals surface area contributed by atoms with Gasteiger partial charge in [-0.15, -0.1) is 0 Å². The molecule has 1 atom stereocenters. The van der Waals surface area contributed by atoms with Gasteiger partial charge in [0.05, 0.1) is 11.7 Å². The van der Waals surface area contributed by atoms with Crippen LogP contribution in [0.5, 0.6) is 0 Å². The number of hydrogen-bond acceptors (Lipinski definition) is 2. The Hall–Kier alpha value is -0.890. The van der Waals surface area contributed by atoms with E-state index in [4.69, 9.17) is 0 Å². The first-order valence-electron chi connectivity index (χ1n) is 5.41. The maximum absolute atomic E-state index is 4.40. The first-order valence-corrected chi connectivity index (χ1v) is 5.41. The maximum Gasteiger partial charge on any atom is 0.0575 e. The molecule has 0 spiro atoms. The van der Waals surface area contributed by atoms with Crippen LogP contribution < -0.4 is 5.32 Å². The van der Waals surface area contributed by atoms with Crippen molar-refractivity contribution in [3.63, 3.8) is 0 Å². The molecule has 0 aliphatic carbocycles. The Bertz CT molecular complexity index is 242. The van der Waals surface area contributed by atoms with Crippen LogP contribution in [0.1, 0.15) is 38.4 Å². The fourth-order valence-electron chi connectivity index (χ4n) is 1.95. The van der Waals surface area contributed by atoms with Gasteiger partial charge in [-0.1, -0.05) is 32.8 Å². The largest absolute Gasteiger partial charge is 0.311 e. The molecular formula is C12H20N2. The van der Waals surface area contributed by atoms with Crippen LogP contribution in [0.15, 0.2) is 24.4 Å². The summed E-state index contributed by atoms with van der Waals surface area (Å²) in [5, 5.41) is 3.36. The molecule has 1 aromatic heterocycles. The van der Waals surface area contributed by atoms with E-state index in [2.05, 4.69) is 36.3 Å². The van der Waals surface area contributed by atoms with E-state index in [-0.39, 0.29) is 0 Å². The zero-order valence-electron chi connectivity index (χ0n) is 9.33. The topological polar surface area (TPSA) is 24.9 Å². The van der Waals surface area contributed by atoms with Crippen molar-refractivity contribution in [2.75, 3.05) is 7.05 Å². The van der Waals surface area contributed by atoms with Gasteiger partial charge in [-0.05, 0) is 25.1 Å². The van der Waals surface area contributed by atoms with Crippen molar-refractivity contribution in [2.45, 2.75) is 32.7 Å². The molecule has 2 nitrogen and oxygen atoms in total. The van der Waals surface area contributed by atoms with Gasteiger partial charge in [-0.2, -0.15) is 0 Å². The van der Waals surface area contributed by atoms with E-state index in [9.17, 15) is 0 Å². The number of nitrogens with one attached hydrogen (secondary N) is 1. The van der Waals surface area contributed by atoms with Crippen LogP contribution >= 0.6 is 0 Å². The molecule has 0 aliphatic heterocycles. The first-order chi connectivity index (χ1) is 6.83. The van der Waals surface area contributed by atoms with Crippen molar-refractivity contribution >= 4 is 0 Å². The molecule has 0 fully saturated rings. The van der Waals surface area contributed by atoms with Crippen molar-refractivity contribution < 1.29 is 0 Å². The summed E-state index contributed by atoms with van der Waals surface area (Å²) in [4.78, 5) is 4.40. The minimum atomic E-state index is 0.395. The summed E-state index contributed by atoms with van der Waals surface area (Å²) in [6, 6.07) is 6.50. The predicted octanol–water partition coefficient (Wildman–Crippen LogP) is 2.78. The summed E-state index contributed by atoms with van der Waals surface area (Å²) in [5.41, 5.74) is 1.16. The van der Waals surface area contributed by atoms with E-state index < -0.39 is 0 Å². The molecule has 1 aromatic rings. The predicted molar refractivity (Wildman–Crippen MR) is 60.1 cm³/mol. The van der Waals surface area contributed by atoms with Crippen LogP contribution in [0.2, 0.25) is 0 Å². The Kier molecular flexibility index (Phi) is 4.60. The van der Waals surface area contributed by atoms with E-state index in [0.29, 0.717) is 12.0 Å². The molecule has 78 valence electrons. The van der Waals surface area contributed by atoms with Crippen molar-refractivity contribution in [1.82, 2.24) is 10.3 Å². The van der Waals surface area contributed by atoms with E-state index in [0.717, 1.165) is 5.69 Å². The van der Waals surface area contributed by atoms with Gasteiger partial charge in [-0.3, -0.25) is 4.98 Å². The second-order valence-corrected chi connectivity index (χ2v) is 3.60. The fourth-order valence-corrected chi connectivity index (χ4v) is 1.95. The lowest BCUT2D eigenvalue weighted by Gasteiger charge is -2.24. The van der Waals surface area contributed by atoms with Crippen LogP contribution in [0, 0.1) is 5.92 Å². The molecule has 0 aliphatic rings. The highest BCUT2D eigenvalue weighted by molar-refractivity contribution is 5.09. The molecule has 14 heavy (non-hydrogen) atoms. The van der Waals surface area contributed by atoms with Gasteiger partial charge in [0.1, 0.15) is 0 Å². The highest BCUT2D eigenvalue weighted by Crippen LogP contribution is 2.25. The van der Waals surface area contributed by atoms with Crippen molar-refractivity contribution in [3.8, 4) is 0 Å². The number of pyridine rings is 1. The lowest BCUT2D eigenvalue weighted by Crippen LogP contribution is -2.25. The van der Waals surface area contributed by atoms with Gasteiger partial charge in [0, 0.05) is 6.20 Å². The van der Waals surface area contributed by atoms with Gasteiger partial charge >= 0.3 is 0 Å². The second kappa shape index (κ2) is 5.76. The highest BCUT2D eigenvalue weighted by Gasteiger charge is 2.18. The Morgan fingerprint density at radius 3 is 2.43 bits per heavy atom. The van der Waals surface area contributed by atoms with Crippen molar-refractivity contribution in [2.24, 2.45) is 5.92 Å². The molecule has 1 rings (SSSR count). The van der Waals surface area contributed by atoms with Gasteiger partial charge in [0.2, 0.25) is 0 Å². The average Bonchev–Trinajstić information content (AvgIpc) is 2.27. The Morgan fingerprint density at radius 1 is 1.29 bits per heavy atom. The third-order valence-corrected chi connectivity index (χ3v) is 2.84. The zero-order chi connectivity index (χ0) is 10.4. The summed E-state index contributed by atoms with van der Waals surface area (Å²) >= 11 is 0. The standard InChI is InChI=1S/C12H20N2/c1-4-10(5-2)12(13-3)11-8-6-7-9-14-11/h6-10,12-13H,4-5H2,1-3H3. The minimum Gasteiger partial charge on any atom is -0.311 e. The number of rotatable bonds is 5. The zero-order valence-corrected chi connectivity index (χ0v) is 9.33. The van der Waals surface area contributed by atoms with Crippen LogP contribution in [-0.2, 0) is 0 Å². The lowest BCUT2D eigenvalue weighted by atomic mass is 9.92. The maximum atomic E-state index is 4.40. The molecule has 1 N–H and O–H groups in total. The van der Waals surface area contributed by atoms with Gasteiger partial charge in [-0.25, -0.2) is 0 Å². The van der Waals surface area contributed by atoms with Crippen LogP contribution in [0.4, 0.5) is 0 Å². The highest BCUT2D eigenvalue weighted by atomic mass is 14.9. The quantitative estimate of drug-likeness (QED) is 0.776. The average molecular weight is 192 g/mol. The van der Waals surface area contributed by atoms with Gasteiger partial charge < -0.3 is 5.32 Å². The summed E-state index contributed by atoms with van der Waals surface area (Å²) in [7, 11) is 2.01. The first kappa shape index (κ1) is 11.2. The normalized spacial score (nSPS) is 13.1. The van der Waals surface area contributed by atoms with Gasteiger partial charge in [0.25, 0.3) is 0 Å². The number of nitrogens with zero attached hydrogens (tertiary/aromatic N) is 1. The summed E-state index contributed by atoms with van der Waals surface area (Å²) in [5.74, 6) is 0.676. The van der Waals surface area contributed by atoms with Crippen molar-refractivity contribution in [3.05, 3.63) is 30.1 Å². The molecule has 2 heteroatoms. The third kappa shape index (κ3) is 2.55. The summed E-state index contributed by atoms with van der Waals surface area (Å²) in [6.45, 7) is 4.48. The Morgan fingerprint density at radius 2 is 2.00 bits per heavy atom. The van der Waals surface area contributed by atoms with Crippen LogP contribution in [0.25, 0.3) is 0 Å². The molecule has 0 radical (unpaired) electrons. The van der Waals surface area contributed by atoms with E-state index in [1.807, 2.05) is 19.3 Å². The lowest BCUT2D eigenvalue weighted by molar-refractivity contribution is 0.353. The fraction of sp³-hybridized carbons (Fsp3) is 0.583. The van der Waals surface area contributed by atoms with Crippen molar-refractivity contribution in [1.29, 1.82) is 0 Å². The molecule has 0 saturated carbocycles. The monoisotopic (exact) mass is 192 g/mol. The molecule has 0 bridgehead atoms. The number of hydrogen-bond donors (Lipinski definition) is 1. The van der Waals surface area contributed by atoms with E-state index in [1.165, 1.54) is 12.8 Å². The van der Waals surface area contributed by atoms with E-state index >= 15 is 0 Å². The molecule has 0 saturated heterocycles. The van der Waals surface area contributed by atoms with Crippen LogP contribution in [-0.4, -0.2) is 12.0 Å².